The summed E-state index contributed by atoms with van der Waals surface area (Å²) in [6.45, 7) is 1.31. The summed E-state index contributed by atoms with van der Waals surface area (Å²) in [7, 11) is 1.47. The Hall–Kier alpha value is -0.750. The van der Waals surface area contributed by atoms with Crippen molar-refractivity contribution in [1.82, 2.24) is 10.3 Å². The lowest BCUT2D eigenvalue weighted by Crippen LogP contribution is -2.48. The Bertz CT molecular complexity index is 166. The number of nitrogens with one attached hydrogen (secondary N) is 1. The van der Waals surface area contributed by atoms with Crippen molar-refractivity contribution in [3.05, 3.63) is 0 Å². The molecule has 0 spiro atoms. The van der Waals surface area contributed by atoms with Gasteiger partial charge in [-0.05, 0) is 13.5 Å². The first-order chi connectivity index (χ1) is 6.02. The molecule has 0 bridgehead atoms. The van der Waals surface area contributed by atoms with Crippen LogP contribution in [0.3, 0.4) is 0 Å². The van der Waals surface area contributed by atoms with Crippen LogP contribution in [-0.2, 0) is 4.79 Å². The molecule has 78 valence electrons. The maximum absolute atomic E-state index is 11.9. The molecule has 0 aromatic heterocycles. The summed E-state index contributed by atoms with van der Waals surface area (Å²) in [6, 6.07) is -0.584. The van der Waals surface area contributed by atoms with Crippen LogP contribution in [0.15, 0.2) is 0 Å². The average molecular weight is 195 g/mol. The molecule has 1 amide bonds. The van der Waals surface area contributed by atoms with Gasteiger partial charge in [-0.15, -0.1) is 0 Å². The standard InChI is InChI=1S/C7H15F2N3O/c1-3-5(7(13)11-10)12(2)4-6(8)9/h5-6H,3-4,10H2,1-2H3,(H,11,13). The largest absolute Gasteiger partial charge is 0.293 e. The van der Waals surface area contributed by atoms with E-state index < -0.39 is 24.9 Å². The minimum absolute atomic E-state index is 0.425. The Labute approximate surface area is 76.0 Å². The average Bonchev–Trinajstić information content (AvgIpc) is 2.03. The number of hydrogen-bond donors (Lipinski definition) is 2. The Kier molecular flexibility index (Phi) is 5.48. The van der Waals surface area contributed by atoms with Gasteiger partial charge in [0, 0.05) is 0 Å². The van der Waals surface area contributed by atoms with E-state index in [4.69, 9.17) is 5.84 Å². The van der Waals surface area contributed by atoms with Crippen molar-refractivity contribution in [3.8, 4) is 0 Å². The van der Waals surface area contributed by atoms with E-state index in [0.717, 1.165) is 0 Å². The first-order valence-electron chi connectivity index (χ1n) is 4.01. The molecule has 0 fully saturated rings. The van der Waals surface area contributed by atoms with Crippen molar-refractivity contribution in [2.75, 3.05) is 13.6 Å². The maximum Gasteiger partial charge on any atom is 0.251 e. The highest BCUT2D eigenvalue weighted by atomic mass is 19.3. The lowest BCUT2D eigenvalue weighted by Gasteiger charge is -2.24. The van der Waals surface area contributed by atoms with Crippen LogP contribution in [0.4, 0.5) is 8.78 Å². The van der Waals surface area contributed by atoms with Gasteiger partial charge < -0.3 is 0 Å². The summed E-state index contributed by atoms with van der Waals surface area (Å²) in [5.74, 6) is 4.46. The van der Waals surface area contributed by atoms with E-state index in [-0.39, 0.29) is 0 Å². The van der Waals surface area contributed by atoms with Gasteiger partial charge in [-0.25, -0.2) is 14.6 Å². The van der Waals surface area contributed by atoms with Gasteiger partial charge in [0.05, 0.1) is 12.6 Å². The number of nitrogens with two attached hydrogens (primary N) is 1. The van der Waals surface area contributed by atoms with E-state index in [0.29, 0.717) is 6.42 Å². The third-order valence-corrected chi connectivity index (χ3v) is 1.79. The summed E-state index contributed by atoms with van der Waals surface area (Å²) >= 11 is 0. The first kappa shape index (κ1) is 12.2. The fourth-order valence-corrected chi connectivity index (χ4v) is 1.14. The Morgan fingerprint density at radius 2 is 2.15 bits per heavy atom. The first-order valence-corrected chi connectivity index (χ1v) is 4.01. The third-order valence-electron chi connectivity index (χ3n) is 1.79. The predicted octanol–water partition coefficient (Wildman–Crippen LogP) is -0.0482. The molecular weight excluding hydrogens is 180 g/mol. The molecule has 3 N–H and O–H groups in total. The second-order valence-electron chi connectivity index (χ2n) is 2.76. The third kappa shape index (κ3) is 4.14. The molecule has 4 nitrogen and oxygen atoms in total. The highest BCUT2D eigenvalue weighted by molar-refractivity contribution is 5.80. The van der Waals surface area contributed by atoms with Crippen molar-refractivity contribution in [3.63, 3.8) is 0 Å². The molecule has 6 heteroatoms. The van der Waals surface area contributed by atoms with Gasteiger partial charge in [0.15, 0.2) is 0 Å². The number of carbonyl (C=O) groups excluding carboxylic acids is 1. The Balaban J connectivity index is 4.14. The molecule has 0 aliphatic heterocycles. The molecule has 13 heavy (non-hydrogen) atoms. The number of carbonyl (C=O) groups is 1. The van der Waals surface area contributed by atoms with E-state index in [2.05, 4.69) is 0 Å². The van der Waals surface area contributed by atoms with Crippen molar-refractivity contribution in [1.29, 1.82) is 0 Å². The summed E-state index contributed by atoms with van der Waals surface area (Å²) < 4.78 is 23.9. The smallest absolute Gasteiger partial charge is 0.251 e. The highest BCUT2D eigenvalue weighted by Crippen LogP contribution is 2.04. The van der Waals surface area contributed by atoms with Crippen LogP contribution in [0.1, 0.15) is 13.3 Å². The van der Waals surface area contributed by atoms with Crippen LogP contribution in [0.5, 0.6) is 0 Å². The van der Waals surface area contributed by atoms with Crippen LogP contribution >= 0.6 is 0 Å². The molecule has 0 aliphatic rings. The second-order valence-corrected chi connectivity index (χ2v) is 2.76. The van der Waals surface area contributed by atoms with Crippen molar-refractivity contribution in [2.45, 2.75) is 25.8 Å². The number of nitrogens with zero attached hydrogens (tertiary/aromatic N) is 1. The molecule has 0 saturated carbocycles. The fourth-order valence-electron chi connectivity index (χ4n) is 1.14. The zero-order valence-electron chi connectivity index (χ0n) is 7.76. The number of alkyl halides is 2. The number of hydrogen-bond acceptors (Lipinski definition) is 3. The van der Waals surface area contributed by atoms with E-state index in [1.54, 1.807) is 6.92 Å². The van der Waals surface area contributed by atoms with Gasteiger partial charge in [-0.2, -0.15) is 0 Å². The SMILES string of the molecule is CCC(C(=O)NN)N(C)CC(F)F. The van der Waals surface area contributed by atoms with E-state index in [9.17, 15) is 13.6 Å². The monoisotopic (exact) mass is 195 g/mol. The quantitative estimate of drug-likeness (QED) is 0.367. The molecule has 0 radical (unpaired) electrons. The second kappa shape index (κ2) is 5.82. The molecule has 1 atom stereocenters. The topological polar surface area (TPSA) is 58.4 Å². The minimum Gasteiger partial charge on any atom is -0.293 e. The summed E-state index contributed by atoms with van der Waals surface area (Å²) in [5, 5.41) is 0. The fraction of sp³-hybridized carbons (Fsp3) is 0.857. The number of halogens is 2. The van der Waals surface area contributed by atoms with Gasteiger partial charge in [0.25, 0.3) is 12.3 Å². The Morgan fingerprint density at radius 3 is 2.46 bits per heavy atom. The molecule has 0 heterocycles. The van der Waals surface area contributed by atoms with Crippen LogP contribution in [0.25, 0.3) is 0 Å². The van der Waals surface area contributed by atoms with Crippen molar-refractivity contribution in [2.24, 2.45) is 5.84 Å². The van der Waals surface area contributed by atoms with E-state index in [1.165, 1.54) is 11.9 Å². The zero-order valence-corrected chi connectivity index (χ0v) is 7.76. The molecule has 0 rings (SSSR count). The molecule has 0 aliphatic carbocycles. The highest BCUT2D eigenvalue weighted by Gasteiger charge is 2.22. The molecule has 0 aromatic rings. The summed E-state index contributed by atoms with van der Waals surface area (Å²) in [4.78, 5) is 12.3. The molecule has 1 unspecified atom stereocenters. The Morgan fingerprint density at radius 1 is 1.62 bits per heavy atom. The van der Waals surface area contributed by atoms with Gasteiger partial charge in [-0.1, -0.05) is 6.92 Å². The lowest BCUT2D eigenvalue weighted by atomic mass is 10.2. The van der Waals surface area contributed by atoms with Crippen LogP contribution in [0.2, 0.25) is 0 Å². The number of rotatable bonds is 5. The molecule has 0 aromatic carbocycles. The van der Waals surface area contributed by atoms with E-state index in [1.807, 2.05) is 5.43 Å². The number of amides is 1. The minimum atomic E-state index is -2.44. The predicted molar refractivity (Wildman–Crippen MR) is 45.0 cm³/mol. The van der Waals surface area contributed by atoms with Crippen LogP contribution in [0, 0.1) is 0 Å². The number of likely N-dealkylation sites (N-methyl/N-ethyl adjacent to an activating group) is 1. The van der Waals surface area contributed by atoms with Gasteiger partial charge in [0.1, 0.15) is 0 Å². The molecular formula is C7H15F2N3O. The summed E-state index contributed by atoms with van der Waals surface area (Å²) in [6.07, 6.45) is -1.99. The van der Waals surface area contributed by atoms with Crippen LogP contribution < -0.4 is 11.3 Å². The van der Waals surface area contributed by atoms with Crippen molar-refractivity contribution >= 4 is 5.91 Å². The van der Waals surface area contributed by atoms with Gasteiger partial charge in [0.2, 0.25) is 0 Å². The number of hydrazine groups is 1. The van der Waals surface area contributed by atoms with Gasteiger partial charge in [-0.3, -0.25) is 15.1 Å². The normalized spacial score (nSPS) is 13.5. The maximum atomic E-state index is 11.9. The summed E-state index contributed by atoms with van der Waals surface area (Å²) in [5.41, 5.74) is 1.94. The van der Waals surface area contributed by atoms with Gasteiger partial charge >= 0.3 is 0 Å². The zero-order chi connectivity index (χ0) is 10.4. The van der Waals surface area contributed by atoms with E-state index >= 15 is 0 Å². The molecule has 0 saturated heterocycles. The van der Waals surface area contributed by atoms with Crippen molar-refractivity contribution < 1.29 is 13.6 Å². The van der Waals surface area contributed by atoms with Crippen LogP contribution in [-0.4, -0.2) is 36.9 Å². The lowest BCUT2D eigenvalue weighted by molar-refractivity contribution is -0.126.